The second kappa shape index (κ2) is 7.18. The largest absolute Gasteiger partial charge is 0.486 e. The number of fused-ring (bicyclic) bond motifs is 3. The molecule has 0 aromatic carbocycles. The molecule has 0 amide bonds. The molecule has 31 heavy (non-hydrogen) atoms. The Balaban J connectivity index is 1.54. The summed E-state index contributed by atoms with van der Waals surface area (Å²) in [5.41, 5.74) is 0.793. The molecule has 0 aliphatic carbocycles. The molecule has 2 atom stereocenters. The predicted molar refractivity (Wildman–Crippen MR) is 112 cm³/mol. The number of nitrogens with one attached hydrogen (secondary N) is 1. The Hall–Kier alpha value is -3.22. The number of hydrogen-bond donors (Lipinski definition) is 2. The first kappa shape index (κ1) is 19.7. The fraction of sp³-hybridized carbons (Fsp3) is 0.409. The summed E-state index contributed by atoms with van der Waals surface area (Å²) in [5, 5.41) is 27.0. The monoisotopic (exact) mass is 422 g/mol. The first-order chi connectivity index (χ1) is 14.8. The zero-order valence-corrected chi connectivity index (χ0v) is 17.3. The standard InChI is InChI=1S/C22H23FN6O2/c1-22(2,30)12-31-18-6-17(20-14(7-24)9-26-29(20)21(18)23)13-3-4-19(25-8-13)28-10-15-5-16(11-28)27-15/h3-4,6,8-9,15-16,27,30H,5,10-12H2,1-2H3. The van der Waals surface area contributed by atoms with Crippen molar-refractivity contribution in [1.82, 2.24) is 19.9 Å². The van der Waals surface area contributed by atoms with Crippen molar-refractivity contribution in [2.75, 3.05) is 24.6 Å². The summed E-state index contributed by atoms with van der Waals surface area (Å²) in [6.45, 7) is 4.92. The van der Waals surface area contributed by atoms with Crippen LogP contribution >= 0.6 is 0 Å². The van der Waals surface area contributed by atoms with Crippen molar-refractivity contribution in [3.63, 3.8) is 0 Å². The van der Waals surface area contributed by atoms with Crippen LogP contribution in [-0.2, 0) is 0 Å². The van der Waals surface area contributed by atoms with Gasteiger partial charge in [0.1, 0.15) is 18.5 Å². The summed E-state index contributed by atoms with van der Waals surface area (Å²) in [6.07, 6.45) is 4.27. The number of piperidine rings is 1. The van der Waals surface area contributed by atoms with Gasteiger partial charge in [0.2, 0.25) is 0 Å². The number of pyridine rings is 2. The minimum absolute atomic E-state index is 0.0523. The van der Waals surface area contributed by atoms with Gasteiger partial charge in [-0.15, -0.1) is 0 Å². The van der Waals surface area contributed by atoms with Crippen molar-refractivity contribution in [2.24, 2.45) is 0 Å². The number of nitriles is 1. The van der Waals surface area contributed by atoms with Crippen LogP contribution in [0.5, 0.6) is 5.75 Å². The van der Waals surface area contributed by atoms with E-state index in [9.17, 15) is 14.8 Å². The number of aromatic nitrogens is 3. The number of ether oxygens (including phenoxy) is 1. The van der Waals surface area contributed by atoms with Gasteiger partial charge in [-0.05, 0) is 38.5 Å². The average Bonchev–Trinajstić information content (AvgIpc) is 3.17. The molecule has 0 saturated carbocycles. The van der Waals surface area contributed by atoms with Crippen molar-refractivity contribution in [3.8, 4) is 22.9 Å². The molecule has 3 saturated heterocycles. The molecule has 3 aliphatic rings. The second-order valence-corrected chi connectivity index (χ2v) is 8.85. The normalized spacial score (nSPS) is 20.4. The molecule has 9 heteroatoms. The van der Waals surface area contributed by atoms with Crippen LogP contribution < -0.4 is 15.0 Å². The third-order valence-electron chi connectivity index (χ3n) is 5.70. The van der Waals surface area contributed by atoms with Crippen LogP contribution in [0.1, 0.15) is 25.8 Å². The Morgan fingerprint density at radius 3 is 2.68 bits per heavy atom. The fourth-order valence-electron chi connectivity index (χ4n) is 4.21. The van der Waals surface area contributed by atoms with Gasteiger partial charge in [-0.3, -0.25) is 0 Å². The lowest BCUT2D eigenvalue weighted by molar-refractivity contribution is 0.0267. The highest BCUT2D eigenvalue weighted by Gasteiger charge is 2.36. The molecule has 3 aliphatic heterocycles. The fourth-order valence-corrected chi connectivity index (χ4v) is 4.21. The number of hydrogen-bond acceptors (Lipinski definition) is 7. The lowest BCUT2D eigenvalue weighted by Crippen LogP contribution is -2.67. The third-order valence-corrected chi connectivity index (χ3v) is 5.70. The highest BCUT2D eigenvalue weighted by Crippen LogP contribution is 2.34. The smallest absolute Gasteiger partial charge is 0.257 e. The van der Waals surface area contributed by atoms with Gasteiger partial charge in [0.05, 0.1) is 22.9 Å². The van der Waals surface area contributed by atoms with Crippen LogP contribution in [0.15, 0.2) is 30.6 Å². The van der Waals surface area contributed by atoms with E-state index in [1.54, 1.807) is 20.0 Å². The third kappa shape index (κ3) is 3.58. The molecule has 6 rings (SSSR count). The van der Waals surface area contributed by atoms with Crippen LogP contribution in [0.25, 0.3) is 16.6 Å². The van der Waals surface area contributed by atoms with E-state index < -0.39 is 11.5 Å². The maximum absolute atomic E-state index is 15.0. The van der Waals surface area contributed by atoms with Crippen molar-refractivity contribution in [3.05, 3.63) is 42.1 Å². The van der Waals surface area contributed by atoms with Crippen LogP contribution in [0, 0.1) is 17.3 Å². The Labute approximate surface area is 178 Å². The van der Waals surface area contributed by atoms with E-state index in [4.69, 9.17) is 4.74 Å². The molecule has 0 radical (unpaired) electrons. The lowest BCUT2D eigenvalue weighted by atomic mass is 9.91. The van der Waals surface area contributed by atoms with Crippen LogP contribution in [-0.4, -0.2) is 57.1 Å². The molecule has 2 bridgehead atoms. The number of rotatable bonds is 5. The Morgan fingerprint density at radius 2 is 2.06 bits per heavy atom. The SMILES string of the molecule is CC(C)(O)COc1cc(-c2ccc(N3CC4CC(C3)N4)nc2)c2c(C#N)cnn2c1F. The molecule has 160 valence electrons. The highest BCUT2D eigenvalue weighted by atomic mass is 19.1. The van der Waals surface area contributed by atoms with Gasteiger partial charge < -0.3 is 20.1 Å². The minimum atomic E-state index is -1.13. The zero-order chi connectivity index (χ0) is 21.8. The summed E-state index contributed by atoms with van der Waals surface area (Å²) >= 11 is 0. The van der Waals surface area contributed by atoms with Gasteiger partial charge in [-0.2, -0.15) is 14.8 Å². The van der Waals surface area contributed by atoms with Gasteiger partial charge in [0.25, 0.3) is 5.95 Å². The number of halogens is 1. The summed E-state index contributed by atoms with van der Waals surface area (Å²) in [7, 11) is 0. The van der Waals surface area contributed by atoms with Crippen molar-refractivity contribution in [1.29, 1.82) is 5.26 Å². The minimum Gasteiger partial charge on any atom is -0.486 e. The van der Waals surface area contributed by atoms with Gasteiger partial charge in [-0.1, -0.05) is 0 Å². The van der Waals surface area contributed by atoms with Crippen molar-refractivity contribution < 1.29 is 14.2 Å². The van der Waals surface area contributed by atoms with Gasteiger partial charge in [0, 0.05) is 42.5 Å². The molecule has 2 unspecified atom stereocenters. The average molecular weight is 422 g/mol. The molecule has 0 spiro atoms. The second-order valence-electron chi connectivity index (χ2n) is 8.85. The van der Waals surface area contributed by atoms with E-state index in [0.29, 0.717) is 23.2 Å². The molecule has 3 aromatic heterocycles. The van der Waals surface area contributed by atoms with E-state index in [2.05, 4.69) is 26.4 Å². The number of piperazine rings is 1. The summed E-state index contributed by atoms with van der Waals surface area (Å²) < 4.78 is 21.6. The maximum atomic E-state index is 15.0. The van der Waals surface area contributed by atoms with Gasteiger partial charge in [0.15, 0.2) is 5.75 Å². The first-order valence-electron chi connectivity index (χ1n) is 10.3. The molecule has 2 N–H and O–H groups in total. The quantitative estimate of drug-likeness (QED) is 0.608. The van der Waals surface area contributed by atoms with E-state index in [0.717, 1.165) is 29.0 Å². The summed E-state index contributed by atoms with van der Waals surface area (Å²) in [6, 6.07) is 8.52. The van der Waals surface area contributed by atoms with Crippen molar-refractivity contribution >= 4 is 11.3 Å². The van der Waals surface area contributed by atoms with Gasteiger partial charge in [-0.25, -0.2) is 9.50 Å². The lowest BCUT2D eigenvalue weighted by Gasteiger charge is -2.48. The molecule has 8 nitrogen and oxygen atoms in total. The topological polar surface area (TPSA) is 98.7 Å². The van der Waals surface area contributed by atoms with E-state index in [-0.39, 0.29) is 17.9 Å². The van der Waals surface area contributed by atoms with Gasteiger partial charge >= 0.3 is 0 Å². The first-order valence-corrected chi connectivity index (χ1v) is 10.3. The number of aliphatic hydroxyl groups is 1. The summed E-state index contributed by atoms with van der Waals surface area (Å²) in [5.74, 6) is 0.114. The molecule has 6 heterocycles. The zero-order valence-electron chi connectivity index (χ0n) is 17.3. The Kier molecular flexibility index (Phi) is 4.57. The molecule has 3 aromatic rings. The van der Waals surface area contributed by atoms with E-state index >= 15 is 0 Å². The Bertz CT molecular complexity index is 1160. The summed E-state index contributed by atoms with van der Waals surface area (Å²) in [4.78, 5) is 6.89. The van der Waals surface area contributed by atoms with E-state index in [1.807, 2.05) is 12.1 Å². The van der Waals surface area contributed by atoms with E-state index in [1.165, 1.54) is 18.7 Å². The van der Waals surface area contributed by atoms with Crippen molar-refractivity contribution in [2.45, 2.75) is 38.0 Å². The van der Waals surface area contributed by atoms with Crippen LogP contribution in [0.3, 0.4) is 0 Å². The molecular weight excluding hydrogens is 399 g/mol. The Morgan fingerprint density at radius 1 is 1.32 bits per heavy atom. The molecular formula is C22H23FN6O2. The van der Waals surface area contributed by atoms with Crippen LogP contribution in [0.4, 0.5) is 10.2 Å². The maximum Gasteiger partial charge on any atom is 0.257 e. The predicted octanol–water partition coefficient (Wildman–Crippen LogP) is 2.11. The number of nitrogens with zero attached hydrogens (tertiary/aromatic N) is 5. The highest BCUT2D eigenvalue weighted by molar-refractivity contribution is 5.85. The van der Waals surface area contributed by atoms with Crippen LogP contribution in [0.2, 0.25) is 0 Å². The number of anilines is 1. The molecule has 3 fully saturated rings.